The molecule has 1 aromatic carbocycles. The molecule has 0 amide bonds. The maximum atomic E-state index is 12.6. The highest BCUT2D eigenvalue weighted by Crippen LogP contribution is 2.43. The lowest BCUT2D eigenvalue weighted by molar-refractivity contribution is -0.143. The standard InChI is InChI=1S/C14H17N2O6P/c1-4-22-12(17)9-16-11-8-6-5-7-10(11)15-13(14(16)18)23(19,20-2)21-3/h5-8H,4,9H2,1-3H3. The molecule has 23 heavy (non-hydrogen) atoms. The molecule has 1 aromatic heterocycles. The number of para-hydroxylation sites is 2. The van der Waals surface area contributed by atoms with Crippen molar-refractivity contribution in [2.75, 3.05) is 20.8 Å². The Morgan fingerprint density at radius 3 is 2.52 bits per heavy atom. The van der Waals surface area contributed by atoms with Crippen LogP contribution in [-0.4, -0.2) is 36.3 Å². The predicted molar refractivity (Wildman–Crippen MR) is 83.9 cm³/mol. The fourth-order valence-corrected chi connectivity index (χ4v) is 3.18. The number of carbonyl (C=O) groups excluding carboxylic acids is 1. The summed E-state index contributed by atoms with van der Waals surface area (Å²) in [6.07, 6.45) is 0. The smallest absolute Gasteiger partial charge is 0.384 e. The van der Waals surface area contributed by atoms with Crippen LogP contribution in [-0.2, 0) is 29.7 Å². The number of ether oxygens (including phenoxy) is 1. The molecule has 8 nitrogen and oxygen atoms in total. The lowest BCUT2D eigenvalue weighted by atomic mass is 10.3. The van der Waals surface area contributed by atoms with Crippen LogP contribution in [0.2, 0.25) is 0 Å². The van der Waals surface area contributed by atoms with Gasteiger partial charge < -0.3 is 13.8 Å². The van der Waals surface area contributed by atoms with E-state index in [2.05, 4.69) is 4.98 Å². The SMILES string of the molecule is CCOC(=O)Cn1c(=O)c(P(=O)(OC)OC)nc2ccccc21. The molecule has 0 saturated heterocycles. The van der Waals surface area contributed by atoms with Gasteiger partial charge in [-0.15, -0.1) is 0 Å². The first kappa shape index (κ1) is 17.3. The second-order valence-corrected chi connectivity index (χ2v) is 6.63. The van der Waals surface area contributed by atoms with E-state index in [1.54, 1.807) is 31.2 Å². The van der Waals surface area contributed by atoms with Crippen LogP contribution >= 0.6 is 7.60 Å². The minimum atomic E-state index is -3.86. The summed E-state index contributed by atoms with van der Waals surface area (Å²) in [6, 6.07) is 6.69. The Bertz CT molecular complexity index is 824. The first-order valence-corrected chi connectivity index (χ1v) is 8.38. The zero-order chi connectivity index (χ0) is 17.0. The van der Waals surface area contributed by atoms with E-state index in [4.69, 9.17) is 13.8 Å². The summed E-state index contributed by atoms with van der Waals surface area (Å²) in [7, 11) is -1.53. The van der Waals surface area contributed by atoms with Crippen molar-refractivity contribution in [2.45, 2.75) is 13.5 Å². The van der Waals surface area contributed by atoms with E-state index >= 15 is 0 Å². The quantitative estimate of drug-likeness (QED) is 0.573. The van der Waals surface area contributed by atoms with E-state index in [-0.39, 0.29) is 18.6 Å². The van der Waals surface area contributed by atoms with Gasteiger partial charge in [-0.3, -0.25) is 18.7 Å². The third-order valence-electron chi connectivity index (χ3n) is 3.17. The number of aromatic nitrogens is 2. The molecule has 0 unspecified atom stereocenters. The van der Waals surface area contributed by atoms with Crippen molar-refractivity contribution in [3.05, 3.63) is 34.6 Å². The van der Waals surface area contributed by atoms with Crippen molar-refractivity contribution < 1.29 is 23.1 Å². The van der Waals surface area contributed by atoms with Gasteiger partial charge in [0.25, 0.3) is 5.56 Å². The minimum Gasteiger partial charge on any atom is -0.465 e. The van der Waals surface area contributed by atoms with Gasteiger partial charge in [-0.25, -0.2) is 4.98 Å². The van der Waals surface area contributed by atoms with Crippen molar-refractivity contribution in [3.8, 4) is 0 Å². The topological polar surface area (TPSA) is 96.7 Å². The molecule has 0 atom stereocenters. The van der Waals surface area contributed by atoms with Gasteiger partial charge in [-0.2, -0.15) is 0 Å². The second-order valence-electron chi connectivity index (χ2n) is 4.48. The molecule has 0 spiro atoms. The fraction of sp³-hybridized carbons (Fsp3) is 0.357. The molecule has 0 fully saturated rings. The summed E-state index contributed by atoms with van der Waals surface area (Å²) in [6.45, 7) is 1.54. The van der Waals surface area contributed by atoms with Crippen molar-refractivity contribution in [3.63, 3.8) is 0 Å². The van der Waals surface area contributed by atoms with Crippen molar-refractivity contribution in [2.24, 2.45) is 0 Å². The summed E-state index contributed by atoms with van der Waals surface area (Å²) in [4.78, 5) is 28.5. The van der Waals surface area contributed by atoms with E-state index in [0.717, 1.165) is 18.8 Å². The highest BCUT2D eigenvalue weighted by atomic mass is 31.2. The van der Waals surface area contributed by atoms with Crippen molar-refractivity contribution >= 4 is 30.0 Å². The number of fused-ring (bicyclic) bond motifs is 1. The molecule has 124 valence electrons. The average molecular weight is 340 g/mol. The van der Waals surface area contributed by atoms with Crippen LogP contribution in [0.4, 0.5) is 0 Å². The lowest BCUT2D eigenvalue weighted by Crippen LogP contribution is -2.39. The number of nitrogens with zero attached hydrogens (tertiary/aromatic N) is 2. The third-order valence-corrected chi connectivity index (χ3v) is 4.94. The highest BCUT2D eigenvalue weighted by Gasteiger charge is 2.32. The molecule has 0 aliphatic carbocycles. The van der Waals surface area contributed by atoms with Gasteiger partial charge in [0.05, 0.1) is 17.6 Å². The number of carbonyl (C=O) groups is 1. The van der Waals surface area contributed by atoms with Gasteiger partial charge in [0, 0.05) is 14.2 Å². The maximum Gasteiger partial charge on any atom is 0.384 e. The average Bonchev–Trinajstić information content (AvgIpc) is 2.56. The predicted octanol–water partition coefficient (Wildman–Crippen LogP) is 1.07. The maximum absolute atomic E-state index is 12.6. The first-order valence-electron chi connectivity index (χ1n) is 6.84. The molecule has 2 rings (SSSR count). The molecule has 0 radical (unpaired) electrons. The Morgan fingerprint density at radius 2 is 1.91 bits per heavy atom. The largest absolute Gasteiger partial charge is 0.465 e. The fourth-order valence-electron chi connectivity index (χ4n) is 2.10. The number of hydrogen-bond donors (Lipinski definition) is 0. The van der Waals surface area contributed by atoms with Gasteiger partial charge in [0.15, 0.2) is 0 Å². The van der Waals surface area contributed by atoms with Crippen LogP contribution in [0.3, 0.4) is 0 Å². The van der Waals surface area contributed by atoms with E-state index < -0.39 is 19.1 Å². The van der Waals surface area contributed by atoms with Crippen LogP contribution in [0.25, 0.3) is 11.0 Å². The molecule has 0 saturated carbocycles. The lowest BCUT2D eigenvalue weighted by Gasteiger charge is -2.15. The van der Waals surface area contributed by atoms with Crippen LogP contribution in [0.15, 0.2) is 29.1 Å². The van der Waals surface area contributed by atoms with E-state index in [9.17, 15) is 14.2 Å². The Labute approximate surface area is 132 Å². The van der Waals surface area contributed by atoms with Gasteiger partial charge in [0.2, 0.25) is 5.44 Å². The molecule has 1 heterocycles. The molecule has 0 aliphatic rings. The monoisotopic (exact) mass is 340 g/mol. The Morgan fingerprint density at radius 1 is 1.26 bits per heavy atom. The summed E-state index contributed by atoms with van der Waals surface area (Å²) in [5.41, 5.74) is -0.275. The molecule has 2 aromatic rings. The number of esters is 1. The van der Waals surface area contributed by atoms with E-state index in [0.29, 0.717) is 11.0 Å². The first-order chi connectivity index (χ1) is 11.0. The summed E-state index contributed by atoms with van der Waals surface area (Å²) in [5, 5.41) is 0. The number of hydrogen-bond acceptors (Lipinski definition) is 7. The van der Waals surface area contributed by atoms with Gasteiger partial charge in [-0.05, 0) is 19.1 Å². The third kappa shape index (κ3) is 3.34. The molecule has 9 heteroatoms. The van der Waals surface area contributed by atoms with Gasteiger partial charge in [0.1, 0.15) is 6.54 Å². The van der Waals surface area contributed by atoms with Crippen LogP contribution in [0.1, 0.15) is 6.92 Å². The van der Waals surface area contributed by atoms with Crippen LogP contribution < -0.4 is 11.0 Å². The second kappa shape index (κ2) is 7.04. The van der Waals surface area contributed by atoms with Gasteiger partial charge >= 0.3 is 13.6 Å². The molecular formula is C14H17N2O6P. The van der Waals surface area contributed by atoms with E-state index in [1.807, 2.05) is 0 Å². The number of benzene rings is 1. The summed E-state index contributed by atoms with van der Waals surface area (Å²) < 4.78 is 28.3. The summed E-state index contributed by atoms with van der Waals surface area (Å²) >= 11 is 0. The zero-order valence-corrected chi connectivity index (χ0v) is 13.9. The zero-order valence-electron chi connectivity index (χ0n) is 13.0. The minimum absolute atomic E-state index is 0.193. The van der Waals surface area contributed by atoms with Crippen LogP contribution in [0.5, 0.6) is 0 Å². The molecule has 0 aliphatic heterocycles. The summed E-state index contributed by atoms with van der Waals surface area (Å²) in [5.74, 6) is -0.582. The Hall–Kier alpha value is -2.02. The molecule has 0 bridgehead atoms. The Balaban J connectivity index is 2.73. The van der Waals surface area contributed by atoms with E-state index in [1.165, 1.54) is 0 Å². The van der Waals surface area contributed by atoms with Gasteiger partial charge in [-0.1, -0.05) is 12.1 Å². The van der Waals surface area contributed by atoms with Crippen molar-refractivity contribution in [1.82, 2.24) is 9.55 Å². The molecular weight excluding hydrogens is 323 g/mol. The Kier molecular flexibility index (Phi) is 5.30. The number of rotatable bonds is 6. The van der Waals surface area contributed by atoms with Crippen LogP contribution in [0, 0.1) is 0 Å². The van der Waals surface area contributed by atoms with Crippen molar-refractivity contribution in [1.29, 1.82) is 0 Å². The molecule has 0 N–H and O–H groups in total. The highest BCUT2D eigenvalue weighted by molar-refractivity contribution is 7.61. The normalized spacial score (nSPS) is 11.6.